The Hall–Kier alpha value is -2.69. The minimum Gasteiger partial charge on any atom is -0.355 e. The number of aromatic nitrogens is 2. The summed E-state index contributed by atoms with van der Waals surface area (Å²) in [4.78, 5) is 11.3. The van der Waals surface area contributed by atoms with Crippen LogP contribution < -0.4 is 4.90 Å². The van der Waals surface area contributed by atoms with Crippen LogP contribution in [0.25, 0.3) is 11.0 Å². The molecular weight excluding hydrogens is 396 g/mol. The van der Waals surface area contributed by atoms with Crippen molar-refractivity contribution < 1.29 is 8.42 Å². The van der Waals surface area contributed by atoms with Crippen molar-refractivity contribution in [3.8, 4) is 6.07 Å². The molecule has 0 aliphatic carbocycles. The lowest BCUT2D eigenvalue weighted by molar-refractivity contribution is 0.590. The highest BCUT2D eigenvalue weighted by Gasteiger charge is 2.35. The van der Waals surface area contributed by atoms with E-state index in [1.807, 2.05) is 29.2 Å². The molecule has 0 amide bonds. The van der Waals surface area contributed by atoms with Gasteiger partial charge in [0.15, 0.2) is 11.1 Å². The van der Waals surface area contributed by atoms with E-state index in [2.05, 4.69) is 9.97 Å². The van der Waals surface area contributed by atoms with Gasteiger partial charge in [0, 0.05) is 18.1 Å². The van der Waals surface area contributed by atoms with Gasteiger partial charge in [-0.2, -0.15) is 5.26 Å². The Kier molecular flexibility index (Phi) is 4.92. The summed E-state index contributed by atoms with van der Waals surface area (Å²) < 4.78 is 26.5. The van der Waals surface area contributed by atoms with E-state index in [0.717, 1.165) is 25.9 Å². The van der Waals surface area contributed by atoms with Gasteiger partial charge in [-0.3, -0.25) is 0 Å². The molecule has 0 N–H and O–H groups in total. The molecule has 0 radical (unpaired) electrons. The highest BCUT2D eigenvalue weighted by atomic mass is 35.5. The molecule has 1 aliphatic heterocycles. The van der Waals surface area contributed by atoms with Gasteiger partial charge >= 0.3 is 0 Å². The number of rotatable bonds is 4. The third-order valence-electron chi connectivity index (χ3n) is 4.80. The maximum Gasteiger partial charge on any atom is 0.200 e. The lowest BCUT2D eigenvalue weighted by atomic mass is 10.2. The molecule has 8 heteroatoms. The molecule has 142 valence electrons. The first kappa shape index (κ1) is 18.7. The molecule has 1 fully saturated rings. The summed E-state index contributed by atoms with van der Waals surface area (Å²) in [5.41, 5.74) is 1.42. The van der Waals surface area contributed by atoms with E-state index in [1.54, 1.807) is 6.07 Å². The lowest BCUT2D eigenvalue weighted by Crippen LogP contribution is -2.24. The van der Waals surface area contributed by atoms with E-state index < -0.39 is 15.1 Å². The Morgan fingerprint density at radius 2 is 1.61 bits per heavy atom. The first-order valence-corrected chi connectivity index (χ1v) is 10.8. The van der Waals surface area contributed by atoms with Crippen molar-refractivity contribution in [2.75, 3.05) is 18.0 Å². The Bertz CT molecular complexity index is 1170. The molecule has 6 nitrogen and oxygen atoms in total. The summed E-state index contributed by atoms with van der Waals surface area (Å²) in [6.45, 7) is 1.53. The number of anilines is 1. The highest BCUT2D eigenvalue weighted by molar-refractivity contribution is 7.92. The average Bonchev–Trinajstić information content (AvgIpc) is 3.23. The van der Waals surface area contributed by atoms with Crippen molar-refractivity contribution in [3.05, 3.63) is 59.2 Å². The van der Waals surface area contributed by atoms with E-state index in [-0.39, 0.29) is 10.6 Å². The minimum atomic E-state index is -3.99. The molecule has 0 bridgehead atoms. The maximum absolute atomic E-state index is 13.2. The Morgan fingerprint density at radius 1 is 1.00 bits per heavy atom. The number of nitrogens with zero attached hydrogens (tertiary/aromatic N) is 4. The fourth-order valence-electron chi connectivity index (χ4n) is 3.38. The highest BCUT2D eigenvalue weighted by Crippen LogP contribution is 2.35. The molecule has 0 spiro atoms. The topological polar surface area (TPSA) is 86.9 Å². The van der Waals surface area contributed by atoms with Gasteiger partial charge in [0.1, 0.15) is 5.69 Å². The van der Waals surface area contributed by atoms with Gasteiger partial charge < -0.3 is 4.90 Å². The van der Waals surface area contributed by atoms with Crippen molar-refractivity contribution in [2.45, 2.75) is 23.0 Å². The molecule has 1 saturated heterocycles. The van der Waals surface area contributed by atoms with Gasteiger partial charge in [-0.1, -0.05) is 23.7 Å². The fourth-order valence-corrected chi connectivity index (χ4v) is 4.88. The van der Waals surface area contributed by atoms with Crippen LogP contribution in [0.4, 0.5) is 5.82 Å². The van der Waals surface area contributed by atoms with Gasteiger partial charge in [-0.05, 0) is 49.2 Å². The van der Waals surface area contributed by atoms with Crippen LogP contribution >= 0.6 is 11.6 Å². The molecule has 1 atom stereocenters. The molecule has 0 saturated carbocycles. The van der Waals surface area contributed by atoms with Crippen LogP contribution in [0.15, 0.2) is 53.4 Å². The van der Waals surface area contributed by atoms with Crippen molar-refractivity contribution in [1.82, 2.24) is 9.97 Å². The quantitative estimate of drug-likeness (QED) is 0.645. The number of sulfone groups is 1. The number of para-hydroxylation sites is 2. The summed E-state index contributed by atoms with van der Waals surface area (Å²) in [7, 11) is -3.99. The zero-order valence-electron chi connectivity index (χ0n) is 14.9. The van der Waals surface area contributed by atoms with Gasteiger partial charge in [-0.15, -0.1) is 0 Å². The van der Waals surface area contributed by atoms with Crippen molar-refractivity contribution in [3.63, 3.8) is 0 Å². The van der Waals surface area contributed by atoms with Crippen molar-refractivity contribution in [2.24, 2.45) is 0 Å². The predicted octanol–water partition coefficient (Wildman–Crippen LogP) is 3.92. The van der Waals surface area contributed by atoms with Gasteiger partial charge in [0.2, 0.25) is 9.84 Å². The largest absolute Gasteiger partial charge is 0.355 e. The number of halogens is 1. The third kappa shape index (κ3) is 3.30. The molecule has 28 heavy (non-hydrogen) atoms. The van der Waals surface area contributed by atoms with E-state index >= 15 is 0 Å². The van der Waals surface area contributed by atoms with Crippen LogP contribution in [0.5, 0.6) is 0 Å². The molecule has 2 aromatic carbocycles. The van der Waals surface area contributed by atoms with Crippen molar-refractivity contribution >= 4 is 38.3 Å². The first-order valence-electron chi connectivity index (χ1n) is 8.91. The molecule has 1 aromatic heterocycles. The smallest absolute Gasteiger partial charge is 0.200 e. The monoisotopic (exact) mass is 412 g/mol. The zero-order valence-corrected chi connectivity index (χ0v) is 16.5. The van der Waals surface area contributed by atoms with E-state index in [9.17, 15) is 13.7 Å². The molecular formula is C20H17ClN4O2S. The summed E-state index contributed by atoms with van der Waals surface area (Å²) in [6, 6.07) is 15.0. The van der Waals surface area contributed by atoms with Crippen LogP contribution in [0.1, 0.15) is 23.8 Å². The van der Waals surface area contributed by atoms with Crippen molar-refractivity contribution in [1.29, 1.82) is 5.26 Å². The third-order valence-corrected chi connectivity index (χ3v) is 6.93. The first-order chi connectivity index (χ1) is 13.5. The predicted molar refractivity (Wildman–Crippen MR) is 108 cm³/mol. The van der Waals surface area contributed by atoms with Crippen LogP contribution in [0.2, 0.25) is 5.02 Å². The molecule has 3 aromatic rings. The van der Waals surface area contributed by atoms with E-state index in [0.29, 0.717) is 21.9 Å². The Morgan fingerprint density at radius 3 is 2.21 bits per heavy atom. The number of fused-ring (bicyclic) bond motifs is 1. The van der Waals surface area contributed by atoms with Crippen LogP contribution in [0, 0.1) is 11.3 Å². The number of benzene rings is 2. The zero-order chi connectivity index (χ0) is 19.7. The minimum absolute atomic E-state index is 0.0331. The normalized spacial score (nSPS) is 15.5. The molecule has 2 heterocycles. The fraction of sp³-hybridized carbons (Fsp3) is 0.250. The number of hydrogen-bond donors (Lipinski definition) is 0. The SMILES string of the molecule is N#C[C@H](c1nc2ccccc2nc1N1CCCC1)S(=O)(=O)c1ccc(Cl)cc1. The summed E-state index contributed by atoms with van der Waals surface area (Å²) in [5, 5.41) is 8.80. The van der Waals surface area contributed by atoms with Gasteiger partial charge in [-0.25, -0.2) is 18.4 Å². The Labute approximate surface area is 168 Å². The van der Waals surface area contributed by atoms with Crippen LogP contribution in [-0.2, 0) is 9.84 Å². The van der Waals surface area contributed by atoms with Crippen LogP contribution in [0.3, 0.4) is 0 Å². The molecule has 4 rings (SSSR count). The number of hydrogen-bond acceptors (Lipinski definition) is 6. The summed E-state index contributed by atoms with van der Waals surface area (Å²) >= 11 is 5.88. The molecule has 1 aliphatic rings. The summed E-state index contributed by atoms with van der Waals surface area (Å²) in [6.07, 6.45) is 1.99. The Balaban J connectivity index is 1.90. The second kappa shape index (κ2) is 7.38. The number of nitriles is 1. The summed E-state index contributed by atoms with van der Waals surface area (Å²) in [5.74, 6) is 0.472. The van der Waals surface area contributed by atoms with Gasteiger partial charge in [0.05, 0.1) is 22.0 Å². The average molecular weight is 413 g/mol. The lowest BCUT2D eigenvalue weighted by Gasteiger charge is -2.22. The second-order valence-corrected chi connectivity index (χ2v) is 9.09. The maximum atomic E-state index is 13.2. The van der Waals surface area contributed by atoms with Crippen LogP contribution in [-0.4, -0.2) is 31.5 Å². The standard InChI is InChI=1S/C20H17ClN4O2S/c21-14-7-9-15(10-8-14)28(26,27)18(13-22)19-20(25-11-3-4-12-25)24-17-6-2-1-5-16(17)23-19/h1-2,5-10,18H,3-4,11-12H2/t18-/m1/s1. The molecule has 0 unspecified atom stereocenters. The second-order valence-electron chi connectivity index (χ2n) is 6.62. The van der Waals surface area contributed by atoms with E-state index in [1.165, 1.54) is 24.3 Å². The van der Waals surface area contributed by atoms with E-state index in [4.69, 9.17) is 11.6 Å². The van der Waals surface area contributed by atoms with Gasteiger partial charge in [0.25, 0.3) is 0 Å².